The van der Waals surface area contributed by atoms with E-state index < -0.39 is 0 Å². The minimum Gasteiger partial charge on any atom is -0.394 e. The predicted octanol–water partition coefficient (Wildman–Crippen LogP) is 0.308. The first-order valence-electron chi connectivity index (χ1n) is 5.62. The Morgan fingerprint density at radius 1 is 1.53 bits per heavy atom. The van der Waals surface area contributed by atoms with Gasteiger partial charge in [-0.1, -0.05) is 0 Å². The molecular weight excluding hydrogens is 192 g/mol. The summed E-state index contributed by atoms with van der Waals surface area (Å²) >= 11 is 0. The number of carbonyl (C=O) groups excluding carboxylic acids is 1. The molecule has 2 atom stereocenters. The summed E-state index contributed by atoms with van der Waals surface area (Å²) in [5, 5.41) is 9.29. The van der Waals surface area contributed by atoms with Gasteiger partial charge in [-0.15, -0.1) is 0 Å². The van der Waals surface area contributed by atoms with E-state index in [-0.39, 0.29) is 24.6 Å². The molecule has 0 aromatic heterocycles. The SMILES string of the molecule is CC(C)N1CCC(C)N(C)C(CO)C1=O. The monoisotopic (exact) mass is 214 g/mol. The lowest BCUT2D eigenvalue weighted by molar-refractivity contribution is -0.138. The normalized spacial score (nSPS) is 29.7. The van der Waals surface area contributed by atoms with Gasteiger partial charge in [0.15, 0.2) is 0 Å². The summed E-state index contributed by atoms with van der Waals surface area (Å²) in [5.74, 6) is 0.0550. The van der Waals surface area contributed by atoms with Gasteiger partial charge in [0, 0.05) is 18.6 Å². The second-order valence-corrected chi connectivity index (χ2v) is 4.63. The van der Waals surface area contributed by atoms with Crippen LogP contribution in [0.5, 0.6) is 0 Å². The van der Waals surface area contributed by atoms with E-state index in [0.29, 0.717) is 6.04 Å². The summed E-state index contributed by atoms with van der Waals surface area (Å²) in [5.41, 5.74) is 0. The maximum absolute atomic E-state index is 12.1. The van der Waals surface area contributed by atoms with E-state index in [1.54, 1.807) is 0 Å². The van der Waals surface area contributed by atoms with E-state index in [2.05, 4.69) is 6.92 Å². The summed E-state index contributed by atoms with van der Waals surface area (Å²) < 4.78 is 0. The zero-order valence-electron chi connectivity index (χ0n) is 10.1. The van der Waals surface area contributed by atoms with Gasteiger partial charge in [0.2, 0.25) is 5.91 Å². The fourth-order valence-electron chi connectivity index (χ4n) is 2.03. The Hall–Kier alpha value is -0.610. The molecule has 0 aromatic rings. The molecule has 1 saturated heterocycles. The fraction of sp³-hybridized carbons (Fsp3) is 0.909. The van der Waals surface area contributed by atoms with Crippen molar-refractivity contribution in [3.63, 3.8) is 0 Å². The number of hydrogen-bond acceptors (Lipinski definition) is 3. The van der Waals surface area contributed by atoms with Crippen LogP contribution in [0.3, 0.4) is 0 Å². The van der Waals surface area contributed by atoms with Crippen molar-refractivity contribution in [3.8, 4) is 0 Å². The zero-order chi connectivity index (χ0) is 11.6. The minimum absolute atomic E-state index is 0.0550. The Labute approximate surface area is 91.9 Å². The maximum atomic E-state index is 12.1. The third-order valence-corrected chi connectivity index (χ3v) is 3.34. The van der Waals surface area contributed by atoms with Crippen molar-refractivity contribution in [2.45, 2.75) is 45.3 Å². The summed E-state index contributed by atoms with van der Waals surface area (Å²) in [6.45, 7) is 6.83. The van der Waals surface area contributed by atoms with Crippen LogP contribution in [-0.4, -0.2) is 59.1 Å². The zero-order valence-corrected chi connectivity index (χ0v) is 10.1. The number of amides is 1. The van der Waals surface area contributed by atoms with Crippen molar-refractivity contribution < 1.29 is 9.90 Å². The average molecular weight is 214 g/mol. The van der Waals surface area contributed by atoms with Crippen LogP contribution >= 0.6 is 0 Å². The first-order chi connectivity index (χ1) is 6.99. The van der Waals surface area contributed by atoms with Crippen LogP contribution in [0.4, 0.5) is 0 Å². The number of aliphatic hydroxyl groups is 1. The molecule has 1 aliphatic heterocycles. The van der Waals surface area contributed by atoms with Crippen LogP contribution in [0.2, 0.25) is 0 Å². The molecule has 1 fully saturated rings. The lowest BCUT2D eigenvalue weighted by Crippen LogP contribution is -2.49. The molecule has 0 spiro atoms. The quantitative estimate of drug-likeness (QED) is 0.719. The van der Waals surface area contributed by atoms with E-state index in [9.17, 15) is 9.90 Å². The van der Waals surface area contributed by atoms with Crippen molar-refractivity contribution in [3.05, 3.63) is 0 Å². The summed E-state index contributed by atoms with van der Waals surface area (Å²) in [7, 11) is 1.91. The lowest BCUT2D eigenvalue weighted by Gasteiger charge is -2.30. The van der Waals surface area contributed by atoms with Crippen LogP contribution < -0.4 is 0 Å². The Morgan fingerprint density at radius 2 is 2.13 bits per heavy atom. The highest BCUT2D eigenvalue weighted by atomic mass is 16.3. The molecule has 15 heavy (non-hydrogen) atoms. The smallest absolute Gasteiger partial charge is 0.242 e. The van der Waals surface area contributed by atoms with Gasteiger partial charge in [-0.3, -0.25) is 9.69 Å². The van der Waals surface area contributed by atoms with Crippen LogP contribution in [0.15, 0.2) is 0 Å². The topological polar surface area (TPSA) is 43.8 Å². The maximum Gasteiger partial charge on any atom is 0.242 e. The van der Waals surface area contributed by atoms with Crippen molar-refractivity contribution in [1.29, 1.82) is 0 Å². The number of nitrogens with zero attached hydrogens (tertiary/aromatic N) is 2. The van der Waals surface area contributed by atoms with Gasteiger partial charge in [-0.25, -0.2) is 0 Å². The molecule has 0 bridgehead atoms. The fourth-order valence-corrected chi connectivity index (χ4v) is 2.03. The van der Waals surface area contributed by atoms with Gasteiger partial charge >= 0.3 is 0 Å². The number of rotatable bonds is 2. The van der Waals surface area contributed by atoms with Crippen LogP contribution in [0.25, 0.3) is 0 Å². The van der Waals surface area contributed by atoms with Crippen molar-refractivity contribution in [2.24, 2.45) is 0 Å². The third-order valence-electron chi connectivity index (χ3n) is 3.34. The highest BCUT2D eigenvalue weighted by Crippen LogP contribution is 2.17. The van der Waals surface area contributed by atoms with Gasteiger partial charge in [0.25, 0.3) is 0 Å². The van der Waals surface area contributed by atoms with Crippen LogP contribution in [-0.2, 0) is 4.79 Å². The lowest BCUT2D eigenvalue weighted by atomic mass is 10.2. The van der Waals surface area contributed by atoms with Crippen molar-refractivity contribution in [2.75, 3.05) is 20.2 Å². The average Bonchev–Trinajstić information content (AvgIpc) is 2.26. The van der Waals surface area contributed by atoms with E-state index in [4.69, 9.17) is 0 Å². The molecule has 0 aromatic carbocycles. The first kappa shape index (κ1) is 12.5. The largest absolute Gasteiger partial charge is 0.394 e. The van der Waals surface area contributed by atoms with Gasteiger partial charge in [-0.05, 0) is 34.2 Å². The van der Waals surface area contributed by atoms with Crippen LogP contribution in [0.1, 0.15) is 27.2 Å². The second-order valence-electron chi connectivity index (χ2n) is 4.63. The molecule has 1 aliphatic rings. The molecular formula is C11H22N2O2. The molecule has 0 radical (unpaired) electrons. The predicted molar refractivity (Wildman–Crippen MR) is 59.6 cm³/mol. The number of aliphatic hydroxyl groups excluding tert-OH is 1. The van der Waals surface area contributed by atoms with E-state index in [1.165, 1.54) is 0 Å². The standard InChI is InChI=1S/C11H22N2O2/c1-8(2)13-6-5-9(3)12(4)10(7-14)11(13)15/h8-10,14H,5-7H2,1-4H3. The Morgan fingerprint density at radius 3 is 2.60 bits per heavy atom. The number of hydrogen-bond donors (Lipinski definition) is 1. The van der Waals surface area contributed by atoms with Crippen LogP contribution in [0, 0.1) is 0 Å². The third kappa shape index (κ3) is 2.49. The second kappa shape index (κ2) is 4.94. The number of carbonyl (C=O) groups is 1. The first-order valence-corrected chi connectivity index (χ1v) is 5.62. The highest BCUT2D eigenvalue weighted by Gasteiger charge is 2.34. The minimum atomic E-state index is -0.370. The molecule has 1 heterocycles. The van der Waals surface area contributed by atoms with Crippen molar-refractivity contribution in [1.82, 2.24) is 9.80 Å². The summed E-state index contributed by atoms with van der Waals surface area (Å²) in [4.78, 5) is 15.9. The molecule has 0 saturated carbocycles. The van der Waals surface area contributed by atoms with Gasteiger partial charge < -0.3 is 10.0 Å². The molecule has 4 heteroatoms. The molecule has 4 nitrogen and oxygen atoms in total. The highest BCUT2D eigenvalue weighted by molar-refractivity contribution is 5.82. The van der Waals surface area contributed by atoms with Gasteiger partial charge in [0.1, 0.15) is 6.04 Å². The van der Waals surface area contributed by atoms with Gasteiger partial charge in [-0.2, -0.15) is 0 Å². The Kier molecular flexibility index (Phi) is 4.11. The molecule has 1 amide bonds. The van der Waals surface area contributed by atoms with Gasteiger partial charge in [0.05, 0.1) is 6.61 Å². The summed E-state index contributed by atoms with van der Waals surface area (Å²) in [6, 6.07) is 0.185. The number of likely N-dealkylation sites (N-methyl/N-ethyl adjacent to an activating group) is 1. The molecule has 88 valence electrons. The van der Waals surface area contributed by atoms with E-state index in [1.807, 2.05) is 30.7 Å². The Balaban J connectivity index is 2.87. The molecule has 0 aliphatic carbocycles. The van der Waals surface area contributed by atoms with Crippen molar-refractivity contribution >= 4 is 5.91 Å². The van der Waals surface area contributed by atoms with E-state index >= 15 is 0 Å². The molecule has 1 N–H and O–H groups in total. The molecule has 1 rings (SSSR count). The summed E-state index contributed by atoms with van der Waals surface area (Å²) in [6.07, 6.45) is 0.969. The molecule has 2 unspecified atom stereocenters. The van der Waals surface area contributed by atoms with E-state index in [0.717, 1.165) is 13.0 Å². The Bertz CT molecular complexity index is 231.